The first kappa shape index (κ1) is 13.2. The fraction of sp³-hybridized carbons (Fsp3) is 0.900. The number of rotatable bonds is 2. The van der Waals surface area contributed by atoms with Crippen molar-refractivity contribution in [3.8, 4) is 0 Å². The van der Waals surface area contributed by atoms with Crippen LogP contribution in [0.2, 0.25) is 0 Å². The molecule has 0 saturated carbocycles. The fourth-order valence-electron chi connectivity index (χ4n) is 3.00. The summed E-state index contributed by atoms with van der Waals surface area (Å²) < 4.78 is 64.2. The second-order valence-corrected chi connectivity index (χ2v) is 7.08. The summed E-state index contributed by atoms with van der Waals surface area (Å²) in [5.41, 5.74) is -1.13. The van der Waals surface area contributed by atoms with E-state index in [2.05, 4.69) is 0 Å². The molecule has 2 bridgehead atoms. The topological polar surface area (TPSA) is 78.9 Å². The number of carbonyl (C=O) groups excluding carboxylic acids is 1. The number of ether oxygens (including phenoxy) is 2. The van der Waals surface area contributed by atoms with Crippen LogP contribution in [0.15, 0.2) is 0 Å². The zero-order valence-electron chi connectivity index (χ0n) is 10.1. The summed E-state index contributed by atoms with van der Waals surface area (Å²) in [5, 5.41) is -0.827. The van der Waals surface area contributed by atoms with Gasteiger partial charge in [0.2, 0.25) is 0 Å². The van der Waals surface area contributed by atoms with Crippen molar-refractivity contribution in [1.29, 1.82) is 0 Å². The first-order valence-corrected chi connectivity index (χ1v) is 7.22. The van der Waals surface area contributed by atoms with Crippen molar-refractivity contribution in [2.45, 2.75) is 55.4 Å². The minimum atomic E-state index is -3.80. The van der Waals surface area contributed by atoms with E-state index in [1.807, 2.05) is 0 Å². The molecule has 3 saturated heterocycles. The van der Waals surface area contributed by atoms with E-state index in [4.69, 9.17) is 13.7 Å². The molecule has 3 fully saturated rings. The molecule has 3 heterocycles. The van der Waals surface area contributed by atoms with Crippen LogP contribution in [0.1, 0.15) is 20.3 Å². The van der Waals surface area contributed by atoms with Crippen molar-refractivity contribution in [1.82, 2.24) is 0 Å². The largest absolute Gasteiger partial charge is 0.452 e. The van der Waals surface area contributed by atoms with E-state index in [0.717, 1.165) is 0 Å². The summed E-state index contributed by atoms with van der Waals surface area (Å²) in [7, 11) is -3.80. The maximum atomic E-state index is 12.8. The van der Waals surface area contributed by atoms with Crippen molar-refractivity contribution in [3.05, 3.63) is 0 Å². The maximum absolute atomic E-state index is 12.8. The molecule has 5 atom stereocenters. The van der Waals surface area contributed by atoms with Crippen LogP contribution < -0.4 is 0 Å². The first-order chi connectivity index (χ1) is 8.56. The number of halogens is 2. The quantitative estimate of drug-likeness (QED) is 0.536. The molecule has 0 spiro atoms. The van der Waals surface area contributed by atoms with Crippen molar-refractivity contribution < 1.29 is 35.6 Å². The minimum Gasteiger partial charge on any atom is -0.452 e. The van der Waals surface area contributed by atoms with Gasteiger partial charge in [-0.1, -0.05) is 0 Å². The SMILES string of the molecule is CC(F)(F)C(=O)OC1C2CC3C(C)(O2)C1OS3(=O)=O. The van der Waals surface area contributed by atoms with E-state index in [-0.39, 0.29) is 6.42 Å². The fourth-order valence-corrected chi connectivity index (χ4v) is 4.91. The van der Waals surface area contributed by atoms with Crippen LogP contribution in [0.5, 0.6) is 0 Å². The molecule has 3 aliphatic rings. The van der Waals surface area contributed by atoms with Crippen LogP contribution in [-0.2, 0) is 28.6 Å². The highest BCUT2D eigenvalue weighted by molar-refractivity contribution is 7.87. The number of hydrogen-bond donors (Lipinski definition) is 0. The van der Waals surface area contributed by atoms with Gasteiger partial charge in [0, 0.05) is 6.92 Å². The molecule has 0 aromatic rings. The number of fused-ring (bicyclic) bond motifs is 1. The molecular weight excluding hydrogens is 286 g/mol. The third kappa shape index (κ3) is 1.64. The molecule has 0 aliphatic carbocycles. The lowest BCUT2D eigenvalue weighted by Crippen LogP contribution is -2.49. The molecule has 3 rings (SSSR count). The smallest absolute Gasteiger partial charge is 0.377 e. The summed E-state index contributed by atoms with van der Waals surface area (Å²) in [4.78, 5) is 11.2. The lowest BCUT2D eigenvalue weighted by atomic mass is 9.85. The predicted molar refractivity (Wildman–Crippen MR) is 56.0 cm³/mol. The van der Waals surface area contributed by atoms with Gasteiger partial charge in [-0.2, -0.15) is 17.2 Å². The molecule has 9 heteroatoms. The maximum Gasteiger partial charge on any atom is 0.377 e. The van der Waals surface area contributed by atoms with Crippen molar-refractivity contribution in [3.63, 3.8) is 0 Å². The number of esters is 1. The molecule has 0 radical (unpaired) electrons. The predicted octanol–water partition coefficient (Wildman–Crippen LogP) is 0.212. The van der Waals surface area contributed by atoms with Gasteiger partial charge in [-0.05, 0) is 13.3 Å². The molecule has 0 aromatic heterocycles. The Bertz CT molecular complexity index is 541. The van der Waals surface area contributed by atoms with Gasteiger partial charge < -0.3 is 9.47 Å². The Labute approximate surface area is 108 Å². The highest BCUT2D eigenvalue weighted by atomic mass is 32.2. The molecule has 0 amide bonds. The Morgan fingerprint density at radius 3 is 2.68 bits per heavy atom. The Kier molecular flexibility index (Phi) is 2.39. The monoisotopic (exact) mass is 298 g/mol. The summed E-state index contributed by atoms with van der Waals surface area (Å²) in [6, 6.07) is 0. The Hall–Kier alpha value is -0.800. The second-order valence-electron chi connectivity index (χ2n) is 5.33. The van der Waals surface area contributed by atoms with Gasteiger partial charge in [-0.3, -0.25) is 4.18 Å². The Balaban J connectivity index is 1.87. The number of hydrogen-bond acceptors (Lipinski definition) is 6. The normalized spacial score (nSPS) is 46.5. The van der Waals surface area contributed by atoms with E-state index in [1.165, 1.54) is 6.92 Å². The van der Waals surface area contributed by atoms with E-state index < -0.39 is 51.2 Å². The number of alkyl halides is 2. The second kappa shape index (κ2) is 3.44. The van der Waals surface area contributed by atoms with Crippen LogP contribution in [0.4, 0.5) is 8.78 Å². The first-order valence-electron chi connectivity index (χ1n) is 5.74. The lowest BCUT2D eigenvalue weighted by molar-refractivity contribution is -0.180. The van der Waals surface area contributed by atoms with Crippen LogP contribution in [0.3, 0.4) is 0 Å². The summed E-state index contributed by atoms with van der Waals surface area (Å²) >= 11 is 0. The standard InChI is InChI=1S/C10H12F2O6S/c1-9-5-3-4(17-9)6(7(9)18-19(5,14)15)16-8(13)10(2,11)12/h4-7H,3H2,1-2H3. The van der Waals surface area contributed by atoms with E-state index in [9.17, 15) is 22.0 Å². The third-order valence-electron chi connectivity index (χ3n) is 3.91. The van der Waals surface area contributed by atoms with Crippen molar-refractivity contribution in [2.24, 2.45) is 0 Å². The van der Waals surface area contributed by atoms with Crippen LogP contribution in [0.25, 0.3) is 0 Å². The highest BCUT2D eigenvalue weighted by Gasteiger charge is 2.74. The van der Waals surface area contributed by atoms with Gasteiger partial charge in [-0.15, -0.1) is 0 Å². The molecule has 108 valence electrons. The van der Waals surface area contributed by atoms with Gasteiger partial charge in [0.1, 0.15) is 17.0 Å². The summed E-state index contributed by atoms with van der Waals surface area (Å²) in [6.45, 7) is 1.95. The number of carbonyl (C=O) groups is 1. The lowest BCUT2D eigenvalue weighted by Gasteiger charge is -2.27. The molecule has 0 N–H and O–H groups in total. The Morgan fingerprint density at radius 1 is 1.47 bits per heavy atom. The van der Waals surface area contributed by atoms with Gasteiger partial charge >= 0.3 is 11.9 Å². The molecule has 19 heavy (non-hydrogen) atoms. The zero-order valence-corrected chi connectivity index (χ0v) is 10.9. The third-order valence-corrected chi connectivity index (χ3v) is 5.74. The average Bonchev–Trinajstić information content (AvgIpc) is 2.73. The van der Waals surface area contributed by atoms with Crippen LogP contribution >= 0.6 is 0 Å². The molecule has 5 unspecified atom stereocenters. The zero-order chi connectivity index (χ0) is 14.2. The van der Waals surface area contributed by atoms with Crippen molar-refractivity contribution in [2.75, 3.05) is 0 Å². The highest BCUT2D eigenvalue weighted by Crippen LogP contribution is 2.54. The van der Waals surface area contributed by atoms with E-state index in [0.29, 0.717) is 6.92 Å². The van der Waals surface area contributed by atoms with Gasteiger partial charge in [-0.25, -0.2) is 4.79 Å². The van der Waals surface area contributed by atoms with Crippen molar-refractivity contribution >= 4 is 16.1 Å². The minimum absolute atomic E-state index is 0.0859. The molecule has 3 aliphatic heterocycles. The van der Waals surface area contributed by atoms with Crippen LogP contribution in [-0.4, -0.2) is 49.5 Å². The molecular formula is C10H12F2O6S. The summed E-state index contributed by atoms with van der Waals surface area (Å²) in [6.07, 6.45) is -2.80. The van der Waals surface area contributed by atoms with Gasteiger partial charge in [0.05, 0.1) is 6.10 Å². The van der Waals surface area contributed by atoms with E-state index in [1.54, 1.807) is 0 Å². The van der Waals surface area contributed by atoms with Crippen LogP contribution in [0, 0.1) is 0 Å². The Morgan fingerprint density at radius 2 is 2.11 bits per heavy atom. The summed E-state index contributed by atoms with van der Waals surface area (Å²) in [5.74, 6) is -5.35. The van der Waals surface area contributed by atoms with Gasteiger partial charge in [0.25, 0.3) is 10.1 Å². The molecule has 0 aromatic carbocycles. The molecule has 6 nitrogen and oxygen atoms in total. The average molecular weight is 298 g/mol. The van der Waals surface area contributed by atoms with E-state index >= 15 is 0 Å². The van der Waals surface area contributed by atoms with Gasteiger partial charge in [0.15, 0.2) is 6.10 Å².